The van der Waals surface area contributed by atoms with Crippen LogP contribution in [0.25, 0.3) is 11.3 Å². The maximum atomic E-state index is 9.99. The summed E-state index contributed by atoms with van der Waals surface area (Å²) in [5.74, 6) is 0.674. The van der Waals surface area contributed by atoms with Gasteiger partial charge in [0.05, 0.1) is 5.69 Å². The molecule has 0 saturated heterocycles. The molecule has 0 amide bonds. The van der Waals surface area contributed by atoms with Crippen LogP contribution < -0.4 is 0 Å². The molecule has 0 aliphatic rings. The van der Waals surface area contributed by atoms with E-state index in [1.807, 2.05) is 29.9 Å². The van der Waals surface area contributed by atoms with Crippen molar-refractivity contribution in [2.24, 2.45) is 7.05 Å². The molecule has 2 aromatic rings. The van der Waals surface area contributed by atoms with Gasteiger partial charge in [0.25, 0.3) is 0 Å². The van der Waals surface area contributed by atoms with Crippen LogP contribution in [0.15, 0.2) is 30.5 Å². The Kier molecular flexibility index (Phi) is 2.79. The molecular weight excluding hydrogens is 212 g/mol. The zero-order valence-electron chi connectivity index (χ0n) is 10.7. The van der Waals surface area contributed by atoms with Crippen molar-refractivity contribution in [3.63, 3.8) is 0 Å². The highest BCUT2D eigenvalue weighted by atomic mass is 16.3. The van der Waals surface area contributed by atoms with E-state index in [1.54, 1.807) is 13.8 Å². The predicted molar refractivity (Wildman–Crippen MR) is 68.6 cm³/mol. The molecule has 0 radical (unpaired) electrons. The topological polar surface area (TPSA) is 38.0 Å². The highest BCUT2D eigenvalue weighted by Gasteiger charge is 2.22. The standard InChI is InChI=1S/C14H18N2O/c1-10-5-7-11(8-6-10)12-9-16(4)13(15-12)14(2,3)17/h5-9,17H,1-4H3. The summed E-state index contributed by atoms with van der Waals surface area (Å²) in [6.07, 6.45) is 1.94. The summed E-state index contributed by atoms with van der Waals surface area (Å²) < 4.78 is 1.87. The van der Waals surface area contributed by atoms with Crippen LogP contribution in [-0.2, 0) is 12.6 Å². The average molecular weight is 230 g/mol. The minimum absolute atomic E-state index is 0.674. The summed E-state index contributed by atoms with van der Waals surface area (Å²) in [6, 6.07) is 8.22. The Labute approximate surface area is 102 Å². The van der Waals surface area contributed by atoms with Gasteiger partial charge < -0.3 is 9.67 Å². The number of imidazole rings is 1. The molecule has 17 heavy (non-hydrogen) atoms. The van der Waals surface area contributed by atoms with Crippen molar-refractivity contribution in [3.8, 4) is 11.3 Å². The van der Waals surface area contributed by atoms with E-state index in [2.05, 4.69) is 24.0 Å². The van der Waals surface area contributed by atoms with Gasteiger partial charge in [-0.2, -0.15) is 0 Å². The Hall–Kier alpha value is -1.61. The van der Waals surface area contributed by atoms with E-state index < -0.39 is 5.60 Å². The SMILES string of the molecule is Cc1ccc(-c2cn(C)c(C(C)(C)O)n2)cc1. The number of nitrogens with zero attached hydrogens (tertiary/aromatic N) is 2. The molecule has 90 valence electrons. The first-order valence-corrected chi connectivity index (χ1v) is 5.71. The number of hydrogen-bond acceptors (Lipinski definition) is 2. The van der Waals surface area contributed by atoms with Crippen LogP contribution in [0.3, 0.4) is 0 Å². The van der Waals surface area contributed by atoms with Crippen molar-refractivity contribution in [2.75, 3.05) is 0 Å². The van der Waals surface area contributed by atoms with Crippen LogP contribution >= 0.6 is 0 Å². The van der Waals surface area contributed by atoms with E-state index >= 15 is 0 Å². The van der Waals surface area contributed by atoms with Crippen LogP contribution in [-0.4, -0.2) is 14.7 Å². The summed E-state index contributed by atoms with van der Waals surface area (Å²) in [5.41, 5.74) is 2.27. The lowest BCUT2D eigenvalue weighted by Crippen LogP contribution is -2.20. The largest absolute Gasteiger partial charge is 0.383 e. The molecular formula is C14H18N2O. The third kappa shape index (κ3) is 2.39. The van der Waals surface area contributed by atoms with Crippen molar-refractivity contribution in [3.05, 3.63) is 41.9 Å². The van der Waals surface area contributed by atoms with Crippen LogP contribution in [0.2, 0.25) is 0 Å². The third-order valence-corrected chi connectivity index (χ3v) is 2.77. The van der Waals surface area contributed by atoms with E-state index in [1.165, 1.54) is 5.56 Å². The average Bonchev–Trinajstić information content (AvgIpc) is 2.61. The molecule has 1 aromatic heterocycles. The Balaban J connectivity index is 2.45. The molecule has 0 fully saturated rings. The normalized spacial score (nSPS) is 11.8. The fourth-order valence-corrected chi connectivity index (χ4v) is 1.90. The quantitative estimate of drug-likeness (QED) is 0.861. The summed E-state index contributed by atoms with van der Waals surface area (Å²) in [4.78, 5) is 4.49. The van der Waals surface area contributed by atoms with Crippen molar-refractivity contribution in [1.82, 2.24) is 9.55 Å². The second kappa shape index (κ2) is 4.00. The molecule has 3 nitrogen and oxygen atoms in total. The second-order valence-electron chi connectivity index (χ2n) is 4.99. The highest BCUT2D eigenvalue weighted by molar-refractivity contribution is 5.59. The molecule has 0 atom stereocenters. The number of aryl methyl sites for hydroxylation is 2. The molecule has 0 saturated carbocycles. The summed E-state index contributed by atoms with van der Waals surface area (Å²) in [6.45, 7) is 5.55. The minimum Gasteiger partial charge on any atom is -0.383 e. The molecule has 3 heteroatoms. The Morgan fingerprint density at radius 2 is 1.76 bits per heavy atom. The van der Waals surface area contributed by atoms with Crippen molar-refractivity contribution >= 4 is 0 Å². The zero-order valence-corrected chi connectivity index (χ0v) is 10.7. The lowest BCUT2D eigenvalue weighted by Gasteiger charge is -2.15. The van der Waals surface area contributed by atoms with Crippen molar-refractivity contribution in [2.45, 2.75) is 26.4 Å². The van der Waals surface area contributed by atoms with E-state index in [9.17, 15) is 5.11 Å². The zero-order chi connectivity index (χ0) is 12.6. The van der Waals surface area contributed by atoms with Gasteiger partial charge >= 0.3 is 0 Å². The molecule has 0 unspecified atom stereocenters. The van der Waals surface area contributed by atoms with Gasteiger partial charge in [-0.3, -0.25) is 0 Å². The summed E-state index contributed by atoms with van der Waals surface area (Å²) in [7, 11) is 1.90. The van der Waals surface area contributed by atoms with E-state index in [0.29, 0.717) is 5.82 Å². The predicted octanol–water partition coefficient (Wildman–Crippen LogP) is 2.62. The molecule has 1 N–H and O–H groups in total. The van der Waals surface area contributed by atoms with Gasteiger partial charge in [0.15, 0.2) is 0 Å². The second-order valence-corrected chi connectivity index (χ2v) is 4.99. The monoisotopic (exact) mass is 230 g/mol. The number of hydrogen-bond donors (Lipinski definition) is 1. The fraction of sp³-hybridized carbons (Fsp3) is 0.357. The smallest absolute Gasteiger partial charge is 0.140 e. The Morgan fingerprint density at radius 3 is 2.24 bits per heavy atom. The number of rotatable bonds is 2. The van der Waals surface area contributed by atoms with Crippen LogP contribution in [0, 0.1) is 6.92 Å². The van der Waals surface area contributed by atoms with Gasteiger partial charge in [-0.05, 0) is 20.8 Å². The molecule has 0 bridgehead atoms. The van der Waals surface area contributed by atoms with Gasteiger partial charge in [-0.1, -0.05) is 29.8 Å². The number of aromatic nitrogens is 2. The number of aliphatic hydroxyl groups is 1. The molecule has 1 aromatic carbocycles. The molecule has 2 rings (SSSR count). The van der Waals surface area contributed by atoms with Gasteiger partial charge in [0.1, 0.15) is 11.4 Å². The van der Waals surface area contributed by atoms with Crippen LogP contribution in [0.5, 0.6) is 0 Å². The molecule has 0 aliphatic carbocycles. The fourth-order valence-electron chi connectivity index (χ4n) is 1.90. The maximum absolute atomic E-state index is 9.99. The Bertz CT molecular complexity index is 518. The molecule has 1 heterocycles. The summed E-state index contributed by atoms with van der Waals surface area (Å²) in [5, 5.41) is 9.99. The van der Waals surface area contributed by atoms with E-state index in [4.69, 9.17) is 0 Å². The van der Waals surface area contributed by atoms with Crippen LogP contribution in [0.1, 0.15) is 25.2 Å². The van der Waals surface area contributed by atoms with E-state index in [-0.39, 0.29) is 0 Å². The first-order valence-electron chi connectivity index (χ1n) is 5.71. The molecule has 0 aliphatic heterocycles. The van der Waals surface area contributed by atoms with Crippen LogP contribution in [0.4, 0.5) is 0 Å². The first kappa shape index (κ1) is 11.9. The van der Waals surface area contributed by atoms with Gasteiger partial charge in [-0.15, -0.1) is 0 Å². The van der Waals surface area contributed by atoms with Crippen molar-refractivity contribution < 1.29 is 5.11 Å². The first-order chi connectivity index (χ1) is 7.88. The third-order valence-electron chi connectivity index (χ3n) is 2.77. The highest BCUT2D eigenvalue weighted by Crippen LogP contribution is 2.24. The van der Waals surface area contributed by atoms with Gasteiger partial charge in [0, 0.05) is 18.8 Å². The van der Waals surface area contributed by atoms with E-state index in [0.717, 1.165) is 11.3 Å². The molecule has 0 spiro atoms. The lowest BCUT2D eigenvalue weighted by molar-refractivity contribution is 0.0659. The number of benzene rings is 1. The lowest BCUT2D eigenvalue weighted by atomic mass is 10.1. The van der Waals surface area contributed by atoms with Crippen molar-refractivity contribution in [1.29, 1.82) is 0 Å². The van der Waals surface area contributed by atoms with Gasteiger partial charge in [-0.25, -0.2) is 4.98 Å². The minimum atomic E-state index is -0.919. The Morgan fingerprint density at radius 1 is 1.18 bits per heavy atom. The maximum Gasteiger partial charge on any atom is 0.140 e. The summed E-state index contributed by atoms with van der Waals surface area (Å²) >= 11 is 0. The van der Waals surface area contributed by atoms with Gasteiger partial charge in [0.2, 0.25) is 0 Å².